The van der Waals surface area contributed by atoms with Gasteiger partial charge in [-0.3, -0.25) is 14.8 Å². The monoisotopic (exact) mass is 510 g/mol. The molecule has 0 atom stereocenters. The topological polar surface area (TPSA) is 123 Å². The van der Waals surface area contributed by atoms with Crippen LogP contribution < -0.4 is 9.46 Å². The van der Waals surface area contributed by atoms with E-state index in [1.54, 1.807) is 31.2 Å². The van der Waals surface area contributed by atoms with Crippen molar-refractivity contribution in [2.24, 2.45) is 10.2 Å². The number of rotatable bonds is 7. The van der Waals surface area contributed by atoms with Crippen LogP contribution in [-0.4, -0.2) is 20.5 Å². The van der Waals surface area contributed by atoms with Crippen molar-refractivity contribution >= 4 is 55.1 Å². The van der Waals surface area contributed by atoms with Crippen molar-refractivity contribution in [3.8, 4) is 5.75 Å². The van der Waals surface area contributed by atoms with Crippen LogP contribution in [0.25, 0.3) is 10.8 Å². The molecule has 0 heterocycles. The number of nitrogens with one attached hydrogen (secondary N) is 1. The summed E-state index contributed by atoms with van der Waals surface area (Å²) in [5, 5.41) is 20.9. The summed E-state index contributed by atoms with van der Waals surface area (Å²) in [6, 6.07) is 19.4. The number of nitro benzene ring substituents is 1. The first kappa shape index (κ1) is 24.1. The van der Waals surface area contributed by atoms with E-state index >= 15 is 0 Å². The number of hydrogen-bond acceptors (Lipinski definition) is 7. The Morgan fingerprint density at radius 2 is 1.66 bits per heavy atom. The van der Waals surface area contributed by atoms with Crippen LogP contribution in [0.3, 0.4) is 0 Å². The largest absolute Gasteiger partial charge is 0.494 e. The summed E-state index contributed by atoms with van der Waals surface area (Å²) in [6.07, 6.45) is 0. The lowest BCUT2D eigenvalue weighted by Gasteiger charge is -2.14. The summed E-state index contributed by atoms with van der Waals surface area (Å²) in [4.78, 5) is 10.4. The number of aryl methyl sites for hydroxylation is 1. The third kappa shape index (κ3) is 5.23. The quantitative estimate of drug-likeness (QED) is 0.164. The van der Waals surface area contributed by atoms with E-state index in [0.717, 1.165) is 10.8 Å². The predicted octanol–water partition coefficient (Wildman–Crippen LogP) is 6.93. The zero-order chi connectivity index (χ0) is 25.2. The number of fused-ring (bicyclic) bond motifs is 1. The number of halogens is 1. The van der Waals surface area contributed by atoms with Gasteiger partial charge in [-0.15, -0.1) is 5.11 Å². The van der Waals surface area contributed by atoms with Crippen molar-refractivity contribution in [3.05, 3.63) is 93.5 Å². The lowest BCUT2D eigenvalue weighted by Crippen LogP contribution is -2.13. The SMILES string of the molecule is COc1cc(N=Nc2ccc([N+](=O)[O-])cc2Cl)c(C)cc1NS(=O)(=O)c1ccc2ccccc2c1. The molecule has 0 unspecified atom stereocenters. The highest BCUT2D eigenvalue weighted by molar-refractivity contribution is 7.92. The number of nitrogens with zero attached hydrogens (tertiary/aromatic N) is 3. The second-order valence-electron chi connectivity index (χ2n) is 7.55. The predicted molar refractivity (Wildman–Crippen MR) is 135 cm³/mol. The molecule has 0 saturated heterocycles. The van der Waals surface area contributed by atoms with Crippen LogP contribution in [-0.2, 0) is 10.0 Å². The number of azo groups is 1. The van der Waals surface area contributed by atoms with Gasteiger partial charge in [0.1, 0.15) is 11.4 Å². The number of methoxy groups -OCH3 is 1. The van der Waals surface area contributed by atoms with E-state index in [-0.39, 0.29) is 32.7 Å². The van der Waals surface area contributed by atoms with Crippen molar-refractivity contribution in [3.63, 3.8) is 0 Å². The Morgan fingerprint density at radius 1 is 0.943 bits per heavy atom. The Balaban J connectivity index is 1.63. The molecular formula is C24H19ClN4O5S. The second kappa shape index (κ2) is 9.69. The molecule has 0 radical (unpaired) electrons. The van der Waals surface area contributed by atoms with Crippen LogP contribution >= 0.6 is 11.6 Å². The zero-order valence-corrected chi connectivity index (χ0v) is 20.2. The number of hydrogen-bond donors (Lipinski definition) is 1. The van der Waals surface area contributed by atoms with Crippen LogP contribution in [0, 0.1) is 17.0 Å². The Labute approximate surface area is 206 Å². The number of ether oxygens (including phenoxy) is 1. The molecule has 35 heavy (non-hydrogen) atoms. The molecule has 0 bridgehead atoms. The summed E-state index contributed by atoms with van der Waals surface area (Å²) in [7, 11) is -2.49. The normalized spacial score (nSPS) is 11.6. The van der Waals surface area contributed by atoms with Gasteiger partial charge < -0.3 is 4.74 Å². The van der Waals surface area contributed by atoms with Gasteiger partial charge in [0.15, 0.2) is 0 Å². The van der Waals surface area contributed by atoms with Crippen molar-refractivity contribution in [2.45, 2.75) is 11.8 Å². The van der Waals surface area contributed by atoms with E-state index in [2.05, 4.69) is 15.0 Å². The van der Waals surface area contributed by atoms with E-state index in [9.17, 15) is 18.5 Å². The number of nitro groups is 1. The highest BCUT2D eigenvalue weighted by Crippen LogP contribution is 2.36. The Bertz CT molecular complexity index is 1590. The molecule has 0 spiro atoms. The fraction of sp³-hybridized carbons (Fsp3) is 0.0833. The number of benzene rings is 4. The van der Waals surface area contributed by atoms with Gasteiger partial charge in [-0.1, -0.05) is 41.9 Å². The average Bonchev–Trinajstić information content (AvgIpc) is 2.83. The molecule has 1 N–H and O–H groups in total. The first-order chi connectivity index (χ1) is 16.7. The minimum atomic E-state index is -3.90. The summed E-state index contributed by atoms with van der Waals surface area (Å²) in [5.41, 5.74) is 1.35. The number of anilines is 1. The van der Waals surface area contributed by atoms with E-state index in [0.29, 0.717) is 11.3 Å². The van der Waals surface area contributed by atoms with Gasteiger partial charge in [0, 0.05) is 18.2 Å². The smallest absolute Gasteiger partial charge is 0.271 e. The molecule has 4 rings (SSSR count). The highest BCUT2D eigenvalue weighted by Gasteiger charge is 2.18. The fourth-order valence-corrected chi connectivity index (χ4v) is 4.68. The van der Waals surface area contributed by atoms with Crippen LogP contribution in [0.5, 0.6) is 5.75 Å². The maximum Gasteiger partial charge on any atom is 0.271 e. The summed E-state index contributed by atoms with van der Waals surface area (Å²) in [6.45, 7) is 1.74. The minimum absolute atomic E-state index is 0.0762. The molecule has 0 aliphatic carbocycles. The van der Waals surface area contributed by atoms with Crippen LogP contribution in [0.2, 0.25) is 5.02 Å². The second-order valence-corrected chi connectivity index (χ2v) is 9.64. The molecule has 4 aromatic rings. The van der Waals surface area contributed by atoms with Gasteiger partial charge in [0.25, 0.3) is 15.7 Å². The fourth-order valence-electron chi connectivity index (χ4n) is 3.37. The van der Waals surface area contributed by atoms with Crippen LogP contribution in [0.1, 0.15) is 5.56 Å². The van der Waals surface area contributed by atoms with Gasteiger partial charge in [0.2, 0.25) is 0 Å². The van der Waals surface area contributed by atoms with Crippen molar-refractivity contribution in [2.75, 3.05) is 11.8 Å². The molecular weight excluding hydrogens is 492 g/mol. The Morgan fingerprint density at radius 3 is 2.34 bits per heavy atom. The molecule has 9 nitrogen and oxygen atoms in total. The third-order valence-electron chi connectivity index (χ3n) is 5.20. The molecule has 11 heteroatoms. The maximum atomic E-state index is 13.1. The summed E-state index contributed by atoms with van der Waals surface area (Å²) >= 11 is 6.07. The van der Waals surface area contributed by atoms with Crippen molar-refractivity contribution in [1.29, 1.82) is 0 Å². The van der Waals surface area contributed by atoms with Crippen LogP contribution in [0.4, 0.5) is 22.7 Å². The van der Waals surface area contributed by atoms with Crippen molar-refractivity contribution in [1.82, 2.24) is 0 Å². The first-order valence-corrected chi connectivity index (χ1v) is 12.1. The molecule has 4 aromatic carbocycles. The number of non-ortho nitro benzene ring substituents is 1. The minimum Gasteiger partial charge on any atom is -0.494 e. The molecule has 178 valence electrons. The standard InChI is InChI=1S/C24H19ClN4O5S/c1-15-11-23(28-35(32,33)19-9-7-16-5-3-4-6-17(16)12-19)24(34-2)14-22(15)27-26-21-10-8-18(29(30)31)13-20(21)25/h3-14,28H,1-2H3. The lowest BCUT2D eigenvalue weighted by atomic mass is 10.1. The molecule has 0 aliphatic heterocycles. The van der Waals surface area contributed by atoms with Gasteiger partial charge in [0.05, 0.1) is 33.3 Å². The summed E-state index contributed by atoms with van der Waals surface area (Å²) < 4.78 is 34.1. The van der Waals surface area contributed by atoms with E-state index in [4.69, 9.17) is 16.3 Å². The third-order valence-corrected chi connectivity index (χ3v) is 6.87. The van der Waals surface area contributed by atoms with Crippen molar-refractivity contribution < 1.29 is 18.1 Å². The van der Waals surface area contributed by atoms with Crippen LogP contribution in [0.15, 0.2) is 87.9 Å². The van der Waals surface area contributed by atoms with Gasteiger partial charge in [-0.25, -0.2) is 8.42 Å². The molecule has 0 aromatic heterocycles. The number of sulfonamides is 1. The van der Waals surface area contributed by atoms with Gasteiger partial charge >= 0.3 is 0 Å². The Kier molecular flexibility index (Phi) is 6.68. The molecule has 0 amide bonds. The first-order valence-electron chi connectivity index (χ1n) is 10.2. The lowest BCUT2D eigenvalue weighted by molar-refractivity contribution is -0.384. The van der Waals surface area contributed by atoms with Gasteiger partial charge in [-0.05, 0) is 47.5 Å². The summed E-state index contributed by atoms with van der Waals surface area (Å²) in [5.74, 6) is 0.240. The maximum absolute atomic E-state index is 13.1. The Hall–Kier alpha value is -4.02. The highest BCUT2D eigenvalue weighted by atomic mass is 35.5. The molecule has 0 aliphatic rings. The van der Waals surface area contributed by atoms with E-state index in [1.807, 2.05) is 24.3 Å². The van der Waals surface area contributed by atoms with E-state index < -0.39 is 14.9 Å². The molecule has 0 fully saturated rings. The average molecular weight is 511 g/mol. The van der Waals surface area contributed by atoms with E-state index in [1.165, 1.54) is 31.4 Å². The molecule has 0 saturated carbocycles. The zero-order valence-electron chi connectivity index (χ0n) is 18.6. The van der Waals surface area contributed by atoms with Gasteiger partial charge in [-0.2, -0.15) is 5.11 Å².